The van der Waals surface area contributed by atoms with Crippen LogP contribution in [-0.2, 0) is 0 Å². The molecule has 17 heavy (non-hydrogen) atoms. The highest BCUT2D eigenvalue weighted by Crippen LogP contribution is 2.28. The van der Waals surface area contributed by atoms with Gasteiger partial charge in [0.05, 0.1) is 6.61 Å². The first-order valence-corrected chi connectivity index (χ1v) is 6.31. The second-order valence-corrected chi connectivity index (χ2v) is 4.61. The first kappa shape index (κ1) is 12.2. The SMILES string of the molecule is CCOc1cccc(N2CC(CN)CC2C)n1. The number of ether oxygens (including phenoxy) is 1. The average molecular weight is 235 g/mol. The van der Waals surface area contributed by atoms with E-state index in [0.29, 0.717) is 24.4 Å². The van der Waals surface area contributed by atoms with Crippen LogP contribution in [0.4, 0.5) is 5.82 Å². The summed E-state index contributed by atoms with van der Waals surface area (Å²) in [5.74, 6) is 2.29. The Balaban J connectivity index is 2.13. The maximum atomic E-state index is 5.74. The Labute approximate surface area is 103 Å². The van der Waals surface area contributed by atoms with Gasteiger partial charge in [-0.25, -0.2) is 0 Å². The topological polar surface area (TPSA) is 51.4 Å². The molecule has 0 aliphatic carbocycles. The van der Waals surface area contributed by atoms with Crippen LogP contribution in [-0.4, -0.2) is 30.7 Å². The minimum atomic E-state index is 0.507. The number of rotatable bonds is 4. The number of nitrogens with zero attached hydrogens (tertiary/aromatic N) is 2. The third-order valence-corrected chi connectivity index (χ3v) is 3.29. The summed E-state index contributed by atoms with van der Waals surface area (Å²) in [5.41, 5.74) is 5.74. The van der Waals surface area contributed by atoms with Crippen molar-refractivity contribution in [3.63, 3.8) is 0 Å². The number of anilines is 1. The molecule has 2 atom stereocenters. The molecular formula is C13H21N3O. The summed E-state index contributed by atoms with van der Waals surface area (Å²) in [7, 11) is 0. The fourth-order valence-electron chi connectivity index (χ4n) is 2.42. The zero-order valence-electron chi connectivity index (χ0n) is 10.6. The Morgan fingerprint density at radius 2 is 2.35 bits per heavy atom. The minimum absolute atomic E-state index is 0.507. The van der Waals surface area contributed by atoms with Gasteiger partial charge < -0.3 is 15.4 Å². The van der Waals surface area contributed by atoms with Crippen molar-refractivity contribution >= 4 is 5.82 Å². The van der Waals surface area contributed by atoms with Crippen LogP contribution in [0.3, 0.4) is 0 Å². The second kappa shape index (κ2) is 5.36. The lowest BCUT2D eigenvalue weighted by Gasteiger charge is -2.22. The molecule has 1 saturated heterocycles. The van der Waals surface area contributed by atoms with E-state index in [9.17, 15) is 0 Å². The maximum absolute atomic E-state index is 5.74. The molecule has 2 N–H and O–H groups in total. The first-order chi connectivity index (χ1) is 8.24. The number of hydrogen-bond acceptors (Lipinski definition) is 4. The molecule has 0 amide bonds. The Hall–Kier alpha value is -1.29. The summed E-state index contributed by atoms with van der Waals surface area (Å²) in [5, 5.41) is 0. The molecule has 1 aromatic rings. The summed E-state index contributed by atoms with van der Waals surface area (Å²) in [6.07, 6.45) is 1.15. The monoisotopic (exact) mass is 235 g/mol. The van der Waals surface area contributed by atoms with Crippen molar-refractivity contribution in [3.8, 4) is 5.88 Å². The minimum Gasteiger partial charge on any atom is -0.478 e. The van der Waals surface area contributed by atoms with E-state index >= 15 is 0 Å². The molecule has 0 aromatic carbocycles. The van der Waals surface area contributed by atoms with Crippen LogP contribution < -0.4 is 15.4 Å². The Bertz CT molecular complexity index is 369. The molecule has 4 nitrogen and oxygen atoms in total. The van der Waals surface area contributed by atoms with Gasteiger partial charge in [-0.2, -0.15) is 4.98 Å². The maximum Gasteiger partial charge on any atom is 0.215 e. The van der Waals surface area contributed by atoms with Crippen molar-refractivity contribution in [1.29, 1.82) is 0 Å². The van der Waals surface area contributed by atoms with E-state index in [4.69, 9.17) is 10.5 Å². The van der Waals surface area contributed by atoms with Crippen molar-refractivity contribution in [2.24, 2.45) is 11.7 Å². The molecule has 2 unspecified atom stereocenters. The number of hydrogen-bond donors (Lipinski definition) is 1. The van der Waals surface area contributed by atoms with E-state index in [2.05, 4.69) is 16.8 Å². The van der Waals surface area contributed by atoms with E-state index in [-0.39, 0.29) is 0 Å². The zero-order chi connectivity index (χ0) is 12.3. The molecule has 2 heterocycles. The molecule has 0 saturated carbocycles. The third kappa shape index (κ3) is 2.69. The average Bonchev–Trinajstić information content (AvgIpc) is 2.71. The van der Waals surface area contributed by atoms with Crippen molar-refractivity contribution < 1.29 is 4.74 Å². The lowest BCUT2D eigenvalue weighted by molar-refractivity contribution is 0.327. The lowest BCUT2D eigenvalue weighted by Crippen LogP contribution is -2.28. The standard InChI is InChI=1S/C13H21N3O/c1-3-17-13-6-4-5-12(15-13)16-9-11(8-14)7-10(16)2/h4-6,10-11H,3,7-9,14H2,1-2H3. The molecular weight excluding hydrogens is 214 g/mol. The molecule has 0 radical (unpaired) electrons. The third-order valence-electron chi connectivity index (χ3n) is 3.29. The lowest BCUT2D eigenvalue weighted by atomic mass is 10.1. The van der Waals surface area contributed by atoms with Gasteiger partial charge >= 0.3 is 0 Å². The van der Waals surface area contributed by atoms with E-state index in [0.717, 1.165) is 25.3 Å². The predicted molar refractivity (Wildman–Crippen MR) is 69.4 cm³/mol. The molecule has 0 bridgehead atoms. The van der Waals surface area contributed by atoms with Gasteiger partial charge in [-0.3, -0.25) is 0 Å². The van der Waals surface area contributed by atoms with Gasteiger partial charge in [0.15, 0.2) is 0 Å². The van der Waals surface area contributed by atoms with Crippen LogP contribution >= 0.6 is 0 Å². The Morgan fingerprint density at radius 3 is 3.00 bits per heavy atom. The molecule has 2 rings (SSSR count). The van der Waals surface area contributed by atoms with Gasteiger partial charge in [-0.1, -0.05) is 6.07 Å². The Morgan fingerprint density at radius 1 is 1.53 bits per heavy atom. The smallest absolute Gasteiger partial charge is 0.215 e. The van der Waals surface area contributed by atoms with Crippen molar-refractivity contribution in [2.75, 3.05) is 24.6 Å². The van der Waals surface area contributed by atoms with Crippen LogP contribution in [0.1, 0.15) is 20.3 Å². The number of aromatic nitrogens is 1. The van der Waals surface area contributed by atoms with Crippen LogP contribution in [0.15, 0.2) is 18.2 Å². The highest BCUT2D eigenvalue weighted by molar-refractivity contribution is 5.43. The van der Waals surface area contributed by atoms with Gasteiger partial charge in [0, 0.05) is 18.7 Å². The van der Waals surface area contributed by atoms with Gasteiger partial charge in [0.1, 0.15) is 5.82 Å². The number of pyridine rings is 1. The summed E-state index contributed by atoms with van der Waals surface area (Å²) in [4.78, 5) is 6.85. The van der Waals surface area contributed by atoms with E-state index < -0.39 is 0 Å². The summed E-state index contributed by atoms with van der Waals surface area (Å²) < 4.78 is 5.43. The molecule has 1 aromatic heterocycles. The van der Waals surface area contributed by atoms with Crippen LogP contribution in [0, 0.1) is 5.92 Å². The first-order valence-electron chi connectivity index (χ1n) is 6.31. The van der Waals surface area contributed by atoms with Crippen molar-refractivity contribution in [1.82, 2.24) is 4.98 Å². The predicted octanol–water partition coefficient (Wildman–Crippen LogP) is 1.65. The molecule has 94 valence electrons. The fraction of sp³-hybridized carbons (Fsp3) is 0.615. The molecule has 0 spiro atoms. The van der Waals surface area contributed by atoms with Crippen molar-refractivity contribution in [3.05, 3.63) is 18.2 Å². The molecule has 4 heteroatoms. The normalized spacial score (nSPS) is 24.1. The van der Waals surface area contributed by atoms with Gasteiger partial charge in [0.2, 0.25) is 5.88 Å². The Kier molecular flexibility index (Phi) is 3.84. The van der Waals surface area contributed by atoms with E-state index in [1.54, 1.807) is 0 Å². The van der Waals surface area contributed by atoms with E-state index in [1.165, 1.54) is 0 Å². The summed E-state index contributed by atoms with van der Waals surface area (Å²) in [6.45, 7) is 6.60. The molecule has 1 aliphatic rings. The van der Waals surface area contributed by atoms with Gasteiger partial charge in [-0.15, -0.1) is 0 Å². The summed E-state index contributed by atoms with van der Waals surface area (Å²) >= 11 is 0. The van der Waals surface area contributed by atoms with Crippen molar-refractivity contribution in [2.45, 2.75) is 26.3 Å². The number of nitrogens with two attached hydrogens (primary N) is 1. The van der Waals surface area contributed by atoms with Gasteiger partial charge in [0.25, 0.3) is 0 Å². The quantitative estimate of drug-likeness (QED) is 0.862. The van der Waals surface area contributed by atoms with Crippen LogP contribution in [0.2, 0.25) is 0 Å². The van der Waals surface area contributed by atoms with Gasteiger partial charge in [-0.05, 0) is 38.8 Å². The highest BCUT2D eigenvalue weighted by Gasteiger charge is 2.28. The van der Waals surface area contributed by atoms with Crippen LogP contribution in [0.5, 0.6) is 5.88 Å². The fourth-order valence-corrected chi connectivity index (χ4v) is 2.42. The second-order valence-electron chi connectivity index (χ2n) is 4.61. The molecule has 1 aliphatic heterocycles. The van der Waals surface area contributed by atoms with E-state index in [1.807, 2.05) is 25.1 Å². The largest absolute Gasteiger partial charge is 0.478 e. The molecule has 1 fully saturated rings. The van der Waals surface area contributed by atoms with Crippen LogP contribution in [0.25, 0.3) is 0 Å². The zero-order valence-corrected chi connectivity index (χ0v) is 10.6. The highest BCUT2D eigenvalue weighted by atomic mass is 16.5. The summed E-state index contributed by atoms with van der Waals surface area (Å²) in [6, 6.07) is 6.44.